The minimum atomic E-state index is -4.00. The average Bonchev–Trinajstić information content (AvgIpc) is 3.29. The van der Waals surface area contributed by atoms with Gasteiger partial charge in [0.25, 0.3) is 5.88 Å². The number of quaternary nitrogens is 1. The van der Waals surface area contributed by atoms with Gasteiger partial charge in [0.1, 0.15) is 11.6 Å². The number of rotatable bonds is 12. The number of aromatic nitrogens is 2. The highest BCUT2D eigenvalue weighted by Gasteiger charge is 2.18. The maximum Gasteiger partial charge on any atom is 0.476 e. The lowest BCUT2D eigenvalue weighted by atomic mass is 10.1. The summed E-state index contributed by atoms with van der Waals surface area (Å²) in [5, 5.41) is 5.60. The number of ether oxygens (including phenoxy) is 1. The van der Waals surface area contributed by atoms with Crippen LogP contribution in [0.25, 0.3) is 5.57 Å². The Morgan fingerprint density at radius 2 is 2.06 bits per heavy atom. The molecule has 1 unspecified atom stereocenters. The van der Waals surface area contributed by atoms with E-state index in [1.54, 1.807) is 48.7 Å². The molecular formula is C22H24F2N4O6P+. The number of benzene rings is 1. The molecule has 10 nitrogen and oxygen atoms in total. The van der Waals surface area contributed by atoms with E-state index in [1.807, 2.05) is 0 Å². The van der Waals surface area contributed by atoms with Crippen molar-refractivity contribution in [3.63, 3.8) is 0 Å². The van der Waals surface area contributed by atoms with Crippen LogP contribution in [0.2, 0.25) is 0 Å². The predicted octanol–water partition coefficient (Wildman–Crippen LogP) is 2.87. The quantitative estimate of drug-likeness (QED) is 0.145. The Kier molecular flexibility index (Phi) is 9.38. The Hall–Kier alpha value is -3.25. The van der Waals surface area contributed by atoms with Gasteiger partial charge in [-0.3, -0.25) is 9.84 Å². The van der Waals surface area contributed by atoms with Crippen molar-refractivity contribution in [2.75, 3.05) is 20.4 Å². The fourth-order valence-electron chi connectivity index (χ4n) is 2.77. The number of hydrogen-bond donors (Lipinski definition) is 3. The van der Waals surface area contributed by atoms with Gasteiger partial charge in [0.2, 0.25) is 0 Å². The van der Waals surface area contributed by atoms with Gasteiger partial charge in [-0.2, -0.15) is 0 Å². The zero-order chi connectivity index (χ0) is 25.3. The zero-order valence-electron chi connectivity index (χ0n) is 18.6. The Labute approximate surface area is 199 Å². The fourth-order valence-corrected chi connectivity index (χ4v) is 3.15. The van der Waals surface area contributed by atoms with Gasteiger partial charge >= 0.3 is 7.82 Å². The molecule has 1 aromatic carbocycles. The predicted molar refractivity (Wildman–Crippen MR) is 121 cm³/mol. The molecule has 2 aromatic heterocycles. The second-order valence-electron chi connectivity index (χ2n) is 7.01. The molecule has 0 saturated heterocycles. The van der Waals surface area contributed by atoms with Crippen LogP contribution in [0.5, 0.6) is 11.6 Å². The van der Waals surface area contributed by atoms with Crippen LogP contribution in [0.1, 0.15) is 17.0 Å². The molecule has 5 N–H and O–H groups in total. The number of pyridine rings is 1. The molecule has 0 fully saturated rings. The molecule has 0 radical (unpaired) electrons. The van der Waals surface area contributed by atoms with Crippen LogP contribution in [-0.4, -0.2) is 35.4 Å². The first kappa shape index (κ1) is 26.4. The number of phosphoric ester groups is 1. The van der Waals surface area contributed by atoms with Crippen LogP contribution in [0.3, 0.4) is 0 Å². The van der Waals surface area contributed by atoms with Gasteiger partial charge in [-0.05, 0) is 29.8 Å². The van der Waals surface area contributed by atoms with Crippen LogP contribution in [0.4, 0.5) is 8.78 Å². The van der Waals surface area contributed by atoms with Crippen LogP contribution in [0.15, 0.2) is 65.5 Å². The molecule has 0 saturated carbocycles. The molecule has 1 atom stereocenters. The summed E-state index contributed by atoms with van der Waals surface area (Å²) in [6.07, 6.45) is 6.37. The van der Waals surface area contributed by atoms with Crippen molar-refractivity contribution in [2.45, 2.75) is 6.42 Å². The normalized spacial score (nSPS) is 13.8. The Morgan fingerprint density at radius 3 is 2.74 bits per heavy atom. The number of allylic oxidation sites excluding steroid dienone is 2. The van der Waals surface area contributed by atoms with Crippen molar-refractivity contribution in [1.29, 1.82) is 0 Å². The fraction of sp³-hybridized carbons (Fsp3) is 0.182. The lowest BCUT2D eigenvalue weighted by Gasteiger charge is -2.06. The highest BCUT2D eigenvalue weighted by Crippen LogP contribution is 2.40. The van der Waals surface area contributed by atoms with Crippen molar-refractivity contribution in [1.82, 2.24) is 10.1 Å². The maximum atomic E-state index is 13.7. The van der Waals surface area contributed by atoms with Crippen molar-refractivity contribution in [2.24, 2.45) is 5.73 Å². The highest BCUT2D eigenvalue weighted by molar-refractivity contribution is 7.47. The largest absolute Gasteiger partial charge is 0.476 e. The van der Waals surface area contributed by atoms with E-state index >= 15 is 0 Å². The van der Waals surface area contributed by atoms with E-state index in [0.717, 1.165) is 18.9 Å². The molecule has 0 amide bonds. The number of phosphoric acid groups is 1. The standard InChI is InChI=1S/C22H23F2N4O6P/c1-31-35(29,30)32-14-26-8-2-3-16(12-25)21-11-18(28-34-21)9-15-4-6-19(7-5-15)33-22-20(24)10-17(23)13-27-22/h2-8,10-11,13,26H,9,12,14,25H2,1H3,(H,29,30)/p+1/b8-2-,16-3+. The van der Waals surface area contributed by atoms with Crippen molar-refractivity contribution >= 4 is 13.4 Å². The third kappa shape index (κ3) is 8.18. The van der Waals surface area contributed by atoms with E-state index in [-0.39, 0.29) is 19.2 Å². The molecule has 2 heterocycles. The zero-order valence-corrected chi connectivity index (χ0v) is 19.5. The molecule has 0 bridgehead atoms. The SMILES string of the molecule is COP(=O)(O)OC[NH2+]/C=C\C=C(/CN)c1cc(Cc2ccc(Oc3ncc(F)cc3F)cc2)no1. The van der Waals surface area contributed by atoms with Crippen molar-refractivity contribution in [3.8, 4) is 11.6 Å². The number of nitrogens with two attached hydrogens (primary N) is 2. The van der Waals surface area contributed by atoms with E-state index in [2.05, 4.69) is 19.2 Å². The lowest BCUT2D eigenvalue weighted by Crippen LogP contribution is -2.78. The topological polar surface area (TPSA) is 147 Å². The van der Waals surface area contributed by atoms with E-state index in [0.29, 0.717) is 35.3 Å². The Morgan fingerprint density at radius 1 is 1.29 bits per heavy atom. The molecule has 35 heavy (non-hydrogen) atoms. The first-order valence-corrected chi connectivity index (χ1v) is 11.7. The second kappa shape index (κ2) is 12.5. The van der Waals surface area contributed by atoms with Gasteiger partial charge in [-0.1, -0.05) is 17.3 Å². The van der Waals surface area contributed by atoms with Gasteiger partial charge in [-0.25, -0.2) is 22.9 Å². The van der Waals surface area contributed by atoms with Gasteiger partial charge < -0.3 is 19.9 Å². The summed E-state index contributed by atoms with van der Waals surface area (Å²) in [6, 6.07) is 9.30. The van der Waals surface area contributed by atoms with Gasteiger partial charge in [0.15, 0.2) is 18.3 Å². The number of halogens is 2. The summed E-state index contributed by atoms with van der Waals surface area (Å²) in [4.78, 5) is 12.7. The smallest absolute Gasteiger partial charge is 0.436 e. The first-order chi connectivity index (χ1) is 16.8. The molecular weight excluding hydrogens is 485 g/mol. The summed E-state index contributed by atoms with van der Waals surface area (Å²) in [7, 11) is -2.92. The monoisotopic (exact) mass is 509 g/mol. The van der Waals surface area contributed by atoms with Gasteiger partial charge in [0, 0.05) is 37.8 Å². The van der Waals surface area contributed by atoms with Gasteiger partial charge in [0.05, 0.1) is 18.1 Å². The number of hydrogen-bond acceptors (Lipinski definition) is 8. The summed E-state index contributed by atoms with van der Waals surface area (Å²) in [5.41, 5.74) is 8.06. The molecule has 3 rings (SSSR count). The van der Waals surface area contributed by atoms with Gasteiger partial charge in [-0.15, -0.1) is 0 Å². The lowest BCUT2D eigenvalue weighted by molar-refractivity contribution is -0.617. The molecule has 186 valence electrons. The van der Waals surface area contributed by atoms with Crippen molar-refractivity contribution < 1.29 is 41.9 Å². The summed E-state index contributed by atoms with van der Waals surface area (Å²) < 4.78 is 57.6. The van der Waals surface area contributed by atoms with E-state index < -0.39 is 19.5 Å². The van der Waals surface area contributed by atoms with Crippen LogP contribution in [0, 0.1) is 11.6 Å². The summed E-state index contributed by atoms with van der Waals surface area (Å²) >= 11 is 0. The summed E-state index contributed by atoms with van der Waals surface area (Å²) in [5.74, 6) is -1.15. The maximum absolute atomic E-state index is 13.7. The summed E-state index contributed by atoms with van der Waals surface area (Å²) in [6.45, 7) is 0.0978. The van der Waals surface area contributed by atoms with E-state index in [1.165, 1.54) is 5.32 Å². The van der Waals surface area contributed by atoms with Crippen LogP contribution >= 0.6 is 7.82 Å². The highest BCUT2D eigenvalue weighted by atomic mass is 31.2. The minimum absolute atomic E-state index is 0.102. The minimum Gasteiger partial charge on any atom is -0.436 e. The molecule has 0 aliphatic heterocycles. The molecule has 0 aliphatic carbocycles. The van der Waals surface area contributed by atoms with Crippen LogP contribution < -0.4 is 15.8 Å². The third-order valence-electron chi connectivity index (χ3n) is 4.50. The van der Waals surface area contributed by atoms with E-state index in [4.69, 9.17) is 19.9 Å². The van der Waals surface area contributed by atoms with E-state index in [9.17, 15) is 13.3 Å². The Balaban J connectivity index is 1.56. The Bertz CT molecular complexity index is 1230. The molecule has 3 aromatic rings. The van der Waals surface area contributed by atoms with Crippen LogP contribution in [-0.2, 0) is 20.0 Å². The second-order valence-corrected chi connectivity index (χ2v) is 8.57. The third-order valence-corrected chi connectivity index (χ3v) is 5.44. The molecule has 13 heteroatoms. The number of nitrogens with zero attached hydrogens (tertiary/aromatic N) is 2. The molecule has 0 aliphatic rings. The molecule has 0 spiro atoms. The van der Waals surface area contributed by atoms with Crippen molar-refractivity contribution in [3.05, 3.63) is 89.6 Å². The first-order valence-electron chi connectivity index (χ1n) is 10.3. The average molecular weight is 509 g/mol.